The van der Waals surface area contributed by atoms with Gasteiger partial charge in [0, 0.05) is 31.7 Å². The molecule has 3 fully saturated rings. The molecule has 3 aliphatic rings. The van der Waals surface area contributed by atoms with Crippen LogP contribution in [-0.4, -0.2) is 65.3 Å². The SMILES string of the molecule is CC(O)C1CCN(C(=O)NC(C)C2CCCN(C3CCC3)C2)CC1. The van der Waals surface area contributed by atoms with Crippen LogP contribution in [0.3, 0.4) is 0 Å². The van der Waals surface area contributed by atoms with Crippen molar-refractivity contribution >= 4 is 6.03 Å². The zero-order chi connectivity index (χ0) is 17.1. The van der Waals surface area contributed by atoms with Crippen LogP contribution >= 0.6 is 0 Å². The largest absolute Gasteiger partial charge is 0.393 e. The zero-order valence-corrected chi connectivity index (χ0v) is 15.4. The molecule has 2 heterocycles. The number of urea groups is 1. The van der Waals surface area contributed by atoms with E-state index in [9.17, 15) is 9.90 Å². The van der Waals surface area contributed by atoms with Crippen LogP contribution in [0.5, 0.6) is 0 Å². The predicted octanol–water partition coefficient (Wildman–Crippen LogP) is 2.44. The molecular formula is C19H35N3O2. The van der Waals surface area contributed by atoms with Gasteiger partial charge in [0.25, 0.3) is 0 Å². The van der Waals surface area contributed by atoms with E-state index in [2.05, 4.69) is 17.1 Å². The highest BCUT2D eigenvalue weighted by Gasteiger charge is 2.33. The van der Waals surface area contributed by atoms with E-state index in [-0.39, 0.29) is 18.2 Å². The number of amides is 2. The van der Waals surface area contributed by atoms with E-state index in [0.717, 1.165) is 38.5 Å². The van der Waals surface area contributed by atoms with Gasteiger partial charge < -0.3 is 20.2 Å². The lowest BCUT2D eigenvalue weighted by Crippen LogP contribution is -2.53. The molecular weight excluding hydrogens is 302 g/mol. The summed E-state index contributed by atoms with van der Waals surface area (Å²) in [6.07, 6.45) is 8.19. The average Bonchev–Trinajstić information content (AvgIpc) is 2.53. The Morgan fingerprint density at radius 2 is 1.71 bits per heavy atom. The summed E-state index contributed by atoms with van der Waals surface area (Å²) in [5.41, 5.74) is 0. The summed E-state index contributed by atoms with van der Waals surface area (Å²) in [6, 6.07) is 1.15. The highest BCUT2D eigenvalue weighted by Crippen LogP contribution is 2.30. The van der Waals surface area contributed by atoms with Crippen molar-refractivity contribution in [3.05, 3.63) is 0 Å². The van der Waals surface area contributed by atoms with Crippen molar-refractivity contribution in [1.29, 1.82) is 0 Å². The topological polar surface area (TPSA) is 55.8 Å². The summed E-state index contributed by atoms with van der Waals surface area (Å²) in [4.78, 5) is 17.1. The lowest BCUT2D eigenvalue weighted by molar-refractivity contribution is 0.0638. The average molecular weight is 338 g/mol. The van der Waals surface area contributed by atoms with Crippen molar-refractivity contribution in [3.63, 3.8) is 0 Å². The Kier molecular flexibility index (Phi) is 6.03. The number of hydrogen-bond donors (Lipinski definition) is 2. The molecule has 0 radical (unpaired) electrons. The van der Waals surface area contributed by atoms with Crippen molar-refractivity contribution in [2.24, 2.45) is 11.8 Å². The van der Waals surface area contributed by atoms with Crippen molar-refractivity contribution in [2.45, 2.75) is 77.0 Å². The van der Waals surface area contributed by atoms with Crippen molar-refractivity contribution < 1.29 is 9.90 Å². The van der Waals surface area contributed by atoms with E-state index in [1.807, 2.05) is 11.8 Å². The lowest BCUT2D eigenvalue weighted by Gasteiger charge is -2.44. The molecule has 5 nitrogen and oxygen atoms in total. The Morgan fingerprint density at radius 1 is 1.00 bits per heavy atom. The standard InChI is InChI=1S/C19H35N3O2/c1-14(17-5-4-10-22(13-17)18-6-3-7-18)20-19(24)21-11-8-16(9-12-21)15(2)23/h14-18,23H,3-13H2,1-2H3,(H,20,24). The van der Waals surface area contributed by atoms with E-state index in [1.165, 1.54) is 38.6 Å². The van der Waals surface area contributed by atoms with Gasteiger partial charge in [-0.3, -0.25) is 0 Å². The lowest BCUT2D eigenvalue weighted by atomic mass is 9.85. The van der Waals surface area contributed by atoms with Gasteiger partial charge in [0.15, 0.2) is 0 Å². The molecule has 2 aliphatic heterocycles. The molecule has 24 heavy (non-hydrogen) atoms. The van der Waals surface area contributed by atoms with Gasteiger partial charge >= 0.3 is 6.03 Å². The molecule has 3 unspecified atom stereocenters. The molecule has 2 saturated heterocycles. The number of carbonyl (C=O) groups is 1. The summed E-state index contributed by atoms with van der Waals surface area (Å²) in [7, 11) is 0. The van der Waals surface area contributed by atoms with E-state index in [1.54, 1.807) is 0 Å². The molecule has 138 valence electrons. The van der Waals surface area contributed by atoms with Crippen LogP contribution in [0.1, 0.15) is 58.8 Å². The molecule has 0 bridgehead atoms. The molecule has 1 saturated carbocycles. The fourth-order valence-electron chi connectivity index (χ4n) is 4.52. The number of carbonyl (C=O) groups excluding carboxylic acids is 1. The van der Waals surface area contributed by atoms with Gasteiger partial charge in [0.1, 0.15) is 0 Å². The van der Waals surface area contributed by atoms with E-state index >= 15 is 0 Å². The minimum absolute atomic E-state index is 0.0901. The number of aliphatic hydroxyl groups is 1. The highest BCUT2D eigenvalue weighted by atomic mass is 16.3. The Morgan fingerprint density at radius 3 is 2.29 bits per heavy atom. The first-order valence-electron chi connectivity index (χ1n) is 10.0. The summed E-state index contributed by atoms with van der Waals surface area (Å²) >= 11 is 0. The summed E-state index contributed by atoms with van der Waals surface area (Å²) in [5, 5.41) is 12.9. The van der Waals surface area contributed by atoms with Crippen LogP contribution in [0.2, 0.25) is 0 Å². The maximum atomic E-state index is 12.5. The Bertz CT molecular complexity index is 417. The summed E-state index contributed by atoms with van der Waals surface area (Å²) < 4.78 is 0. The molecule has 0 aromatic heterocycles. The Hall–Kier alpha value is -0.810. The summed E-state index contributed by atoms with van der Waals surface area (Å²) in [6.45, 7) is 7.97. The fourth-order valence-corrected chi connectivity index (χ4v) is 4.52. The van der Waals surface area contributed by atoms with E-state index < -0.39 is 0 Å². The first kappa shape index (κ1) is 18.0. The maximum absolute atomic E-state index is 12.5. The maximum Gasteiger partial charge on any atom is 0.317 e. The van der Waals surface area contributed by atoms with Crippen LogP contribution in [0.25, 0.3) is 0 Å². The smallest absolute Gasteiger partial charge is 0.317 e. The molecule has 2 amide bonds. The quantitative estimate of drug-likeness (QED) is 0.828. The van der Waals surface area contributed by atoms with E-state index in [0.29, 0.717) is 11.8 Å². The molecule has 3 atom stereocenters. The number of likely N-dealkylation sites (tertiary alicyclic amines) is 2. The van der Waals surface area contributed by atoms with Crippen LogP contribution < -0.4 is 5.32 Å². The van der Waals surface area contributed by atoms with Gasteiger partial charge in [0.05, 0.1) is 6.10 Å². The van der Waals surface area contributed by atoms with Gasteiger partial charge in [-0.05, 0) is 70.8 Å². The van der Waals surface area contributed by atoms with Gasteiger partial charge in [-0.1, -0.05) is 6.42 Å². The monoisotopic (exact) mass is 337 g/mol. The number of rotatable bonds is 4. The van der Waals surface area contributed by atoms with Gasteiger partial charge in [-0.2, -0.15) is 0 Å². The summed E-state index contributed by atoms with van der Waals surface area (Å²) in [5.74, 6) is 0.930. The van der Waals surface area contributed by atoms with Crippen LogP contribution in [-0.2, 0) is 0 Å². The van der Waals surface area contributed by atoms with Crippen molar-refractivity contribution in [3.8, 4) is 0 Å². The Balaban J connectivity index is 1.44. The zero-order valence-electron chi connectivity index (χ0n) is 15.4. The number of nitrogens with zero attached hydrogens (tertiary/aromatic N) is 2. The molecule has 2 N–H and O–H groups in total. The fraction of sp³-hybridized carbons (Fsp3) is 0.947. The van der Waals surface area contributed by atoms with Gasteiger partial charge in [-0.25, -0.2) is 4.79 Å². The van der Waals surface area contributed by atoms with Crippen molar-refractivity contribution in [2.75, 3.05) is 26.2 Å². The molecule has 3 rings (SSSR count). The van der Waals surface area contributed by atoms with Gasteiger partial charge in [0.2, 0.25) is 0 Å². The third-order valence-electron chi connectivity index (χ3n) is 6.65. The first-order chi connectivity index (χ1) is 11.5. The van der Waals surface area contributed by atoms with Crippen LogP contribution in [0.15, 0.2) is 0 Å². The second-order valence-electron chi connectivity index (χ2n) is 8.29. The molecule has 1 aliphatic carbocycles. The molecule has 0 aromatic rings. The van der Waals surface area contributed by atoms with Crippen LogP contribution in [0, 0.1) is 11.8 Å². The number of aliphatic hydroxyl groups excluding tert-OH is 1. The second-order valence-corrected chi connectivity index (χ2v) is 8.29. The van der Waals surface area contributed by atoms with Gasteiger partial charge in [-0.15, -0.1) is 0 Å². The number of nitrogens with one attached hydrogen (secondary N) is 1. The third kappa shape index (κ3) is 4.23. The second kappa shape index (κ2) is 8.05. The first-order valence-corrected chi connectivity index (χ1v) is 10.0. The molecule has 5 heteroatoms. The minimum atomic E-state index is -0.256. The molecule has 0 spiro atoms. The van der Waals surface area contributed by atoms with E-state index in [4.69, 9.17) is 0 Å². The minimum Gasteiger partial charge on any atom is -0.393 e. The molecule has 0 aromatic carbocycles. The Labute approximate surface area is 146 Å². The van der Waals surface area contributed by atoms with Crippen molar-refractivity contribution in [1.82, 2.24) is 15.1 Å². The number of hydrogen-bond acceptors (Lipinski definition) is 3. The normalized spacial score (nSPS) is 29.8. The predicted molar refractivity (Wildman–Crippen MR) is 95.9 cm³/mol. The van der Waals surface area contributed by atoms with Crippen LogP contribution in [0.4, 0.5) is 4.79 Å². The third-order valence-corrected chi connectivity index (χ3v) is 6.65. The number of piperidine rings is 2. The highest BCUT2D eigenvalue weighted by molar-refractivity contribution is 5.74.